The number of halogens is 1. The zero-order valence-electron chi connectivity index (χ0n) is 19.1. The van der Waals surface area contributed by atoms with Gasteiger partial charge in [0.15, 0.2) is 5.56 Å². The molecule has 9 heteroatoms. The normalized spacial score (nSPS) is 11.9. The second-order valence-corrected chi connectivity index (χ2v) is 8.04. The highest BCUT2D eigenvalue weighted by atomic mass is 35.5. The van der Waals surface area contributed by atoms with E-state index in [1.54, 1.807) is 19.3 Å². The van der Waals surface area contributed by atoms with Gasteiger partial charge < -0.3 is 25.1 Å². The Kier molecular flexibility index (Phi) is 7.44. The third-order valence-electron chi connectivity index (χ3n) is 6.08. The van der Waals surface area contributed by atoms with Gasteiger partial charge in [0.05, 0.1) is 5.69 Å². The number of aromatic nitrogens is 3. The molecule has 1 aromatic carbocycles. The molecule has 8 nitrogen and oxygen atoms in total. The molecule has 34 heavy (non-hydrogen) atoms. The maximum absolute atomic E-state index is 12.3. The predicted octanol–water partition coefficient (Wildman–Crippen LogP) is 4.17. The fourth-order valence-corrected chi connectivity index (χ4v) is 4.18. The number of nitrogens with one attached hydrogen (secondary N) is 2. The molecular weight excluding hydrogens is 456 g/mol. The lowest BCUT2D eigenvalue weighted by Gasteiger charge is -2.14. The second kappa shape index (κ2) is 10.1. The number of H-pyrrole nitrogens is 1. The van der Waals surface area contributed by atoms with Gasteiger partial charge in [-0.05, 0) is 54.8 Å². The highest BCUT2D eigenvalue weighted by molar-refractivity contribution is 5.92. The first kappa shape index (κ1) is 25.0. The van der Waals surface area contributed by atoms with E-state index >= 15 is 0 Å². The Balaban J connectivity index is 0.00000324. The van der Waals surface area contributed by atoms with Crippen LogP contribution in [0.25, 0.3) is 22.2 Å². The number of carboxylic acids is 1. The third-order valence-corrected chi connectivity index (χ3v) is 6.08. The molecule has 0 fully saturated rings. The summed E-state index contributed by atoms with van der Waals surface area (Å²) in [5.74, 6) is -1.93. The topological polar surface area (TPSA) is 120 Å². The van der Waals surface area contributed by atoms with Crippen LogP contribution in [0, 0.1) is 0 Å². The lowest BCUT2D eigenvalue weighted by Crippen LogP contribution is -2.20. The molecule has 1 unspecified atom stereocenters. The van der Waals surface area contributed by atoms with Gasteiger partial charge in [0, 0.05) is 54.2 Å². The molecular formula is C25H27ClN4O4. The van der Waals surface area contributed by atoms with Gasteiger partial charge in [0.25, 0.3) is 5.56 Å². The molecule has 1 atom stereocenters. The van der Waals surface area contributed by atoms with Crippen molar-refractivity contribution in [1.82, 2.24) is 19.9 Å². The van der Waals surface area contributed by atoms with Crippen molar-refractivity contribution in [2.75, 3.05) is 0 Å². The SMILES string of the molecule is CCc1c(-c2ccc3c(c2)cc(CNC(C)c2ccncc2)n3C)[nH]c(=O)c(C(=O)O)c1O.Cl. The van der Waals surface area contributed by atoms with Crippen molar-refractivity contribution in [3.8, 4) is 17.0 Å². The number of rotatable bonds is 7. The summed E-state index contributed by atoms with van der Waals surface area (Å²) < 4.78 is 2.11. The average Bonchev–Trinajstić information content (AvgIpc) is 3.12. The fourth-order valence-electron chi connectivity index (χ4n) is 4.18. The minimum absolute atomic E-state index is 0. The molecule has 4 rings (SSSR count). The number of aromatic carboxylic acids is 1. The molecule has 0 saturated carbocycles. The highest BCUT2D eigenvalue weighted by Gasteiger charge is 2.22. The molecule has 0 aliphatic carbocycles. The molecule has 178 valence electrons. The van der Waals surface area contributed by atoms with Crippen molar-refractivity contribution in [2.24, 2.45) is 7.05 Å². The smallest absolute Gasteiger partial charge is 0.345 e. The van der Waals surface area contributed by atoms with Crippen LogP contribution in [0.3, 0.4) is 0 Å². The van der Waals surface area contributed by atoms with Gasteiger partial charge in [-0.3, -0.25) is 9.78 Å². The molecule has 0 radical (unpaired) electrons. The molecule has 0 spiro atoms. The van der Waals surface area contributed by atoms with Crippen molar-refractivity contribution in [3.63, 3.8) is 0 Å². The molecule has 0 amide bonds. The number of fused-ring (bicyclic) bond motifs is 1. The first-order valence-electron chi connectivity index (χ1n) is 10.7. The Morgan fingerprint density at radius 1 is 1.21 bits per heavy atom. The highest BCUT2D eigenvalue weighted by Crippen LogP contribution is 2.32. The molecule has 3 aromatic heterocycles. The van der Waals surface area contributed by atoms with E-state index < -0.39 is 22.8 Å². The van der Waals surface area contributed by atoms with Crippen LogP contribution >= 0.6 is 12.4 Å². The van der Waals surface area contributed by atoms with Gasteiger partial charge in [-0.2, -0.15) is 0 Å². The fraction of sp³-hybridized carbons (Fsp3) is 0.240. The first-order valence-corrected chi connectivity index (χ1v) is 10.7. The maximum Gasteiger partial charge on any atom is 0.345 e. The molecule has 0 bridgehead atoms. The van der Waals surface area contributed by atoms with E-state index in [-0.39, 0.29) is 18.4 Å². The Labute approximate surface area is 202 Å². The van der Waals surface area contributed by atoms with Gasteiger partial charge in [-0.25, -0.2) is 4.79 Å². The Bertz CT molecular complexity index is 1400. The molecule has 3 heterocycles. The second-order valence-electron chi connectivity index (χ2n) is 8.04. The van der Waals surface area contributed by atoms with Crippen molar-refractivity contribution >= 4 is 29.3 Å². The summed E-state index contributed by atoms with van der Waals surface area (Å²) in [7, 11) is 2.00. The van der Waals surface area contributed by atoms with E-state index in [4.69, 9.17) is 0 Å². The number of pyridine rings is 2. The number of aromatic amines is 1. The van der Waals surface area contributed by atoms with E-state index in [0.717, 1.165) is 22.2 Å². The summed E-state index contributed by atoms with van der Waals surface area (Å²) in [4.78, 5) is 30.4. The summed E-state index contributed by atoms with van der Waals surface area (Å²) in [5, 5.41) is 24.2. The number of aromatic hydroxyl groups is 1. The quantitative estimate of drug-likeness (QED) is 0.314. The number of carboxylic acid groups (broad SMARTS) is 1. The maximum atomic E-state index is 12.3. The summed E-state index contributed by atoms with van der Waals surface area (Å²) in [6.07, 6.45) is 3.93. The zero-order valence-corrected chi connectivity index (χ0v) is 19.9. The van der Waals surface area contributed by atoms with E-state index in [2.05, 4.69) is 32.8 Å². The minimum Gasteiger partial charge on any atom is -0.506 e. The molecule has 0 saturated heterocycles. The van der Waals surface area contributed by atoms with E-state index in [1.165, 1.54) is 0 Å². The monoisotopic (exact) mass is 482 g/mol. The van der Waals surface area contributed by atoms with Crippen molar-refractivity contribution in [2.45, 2.75) is 32.9 Å². The largest absolute Gasteiger partial charge is 0.506 e. The Hall–Kier alpha value is -3.62. The van der Waals surface area contributed by atoms with E-state index in [1.807, 2.05) is 37.4 Å². The predicted molar refractivity (Wildman–Crippen MR) is 134 cm³/mol. The Morgan fingerprint density at radius 3 is 2.56 bits per heavy atom. The van der Waals surface area contributed by atoms with E-state index in [9.17, 15) is 19.8 Å². The van der Waals surface area contributed by atoms with Gasteiger partial charge >= 0.3 is 5.97 Å². The van der Waals surface area contributed by atoms with E-state index in [0.29, 0.717) is 29.8 Å². The van der Waals surface area contributed by atoms with Gasteiger partial charge in [0.2, 0.25) is 0 Å². The lowest BCUT2D eigenvalue weighted by atomic mass is 9.99. The number of benzene rings is 1. The number of hydrogen-bond acceptors (Lipinski definition) is 5. The van der Waals surface area contributed by atoms with Gasteiger partial charge in [-0.1, -0.05) is 13.0 Å². The van der Waals surface area contributed by atoms with Crippen LogP contribution in [0.2, 0.25) is 0 Å². The van der Waals surface area contributed by atoms with Crippen LogP contribution in [-0.2, 0) is 20.0 Å². The summed E-state index contributed by atoms with van der Waals surface area (Å²) in [5.41, 5.74) is 3.36. The van der Waals surface area contributed by atoms with Crippen LogP contribution in [0.15, 0.2) is 53.6 Å². The van der Waals surface area contributed by atoms with Crippen LogP contribution in [0.4, 0.5) is 0 Å². The third kappa shape index (κ3) is 4.55. The molecule has 0 aliphatic rings. The van der Waals surface area contributed by atoms with Crippen LogP contribution < -0.4 is 10.9 Å². The standard InChI is InChI=1S/C25H26N4O4.ClH/c1-4-19-22(28-24(31)21(23(19)30)25(32)33)16-5-6-20-17(11-16)12-18(29(20)3)13-27-14(2)15-7-9-26-10-8-15;/h5-12,14,27H,4,13H2,1-3H3,(H,32,33)(H2,28,30,31);1H. The average molecular weight is 483 g/mol. The zero-order chi connectivity index (χ0) is 23.7. The summed E-state index contributed by atoms with van der Waals surface area (Å²) >= 11 is 0. The van der Waals surface area contributed by atoms with Crippen LogP contribution in [0.5, 0.6) is 5.75 Å². The summed E-state index contributed by atoms with van der Waals surface area (Å²) in [6.45, 7) is 4.57. The molecule has 4 aromatic rings. The lowest BCUT2D eigenvalue weighted by molar-refractivity contribution is 0.0691. The molecule has 4 N–H and O–H groups in total. The molecule has 0 aliphatic heterocycles. The number of aryl methyl sites for hydroxylation is 1. The summed E-state index contributed by atoms with van der Waals surface area (Å²) in [6, 6.07) is 12.0. The van der Waals surface area contributed by atoms with Crippen molar-refractivity contribution in [3.05, 3.63) is 81.5 Å². The van der Waals surface area contributed by atoms with Gasteiger partial charge in [0.1, 0.15) is 5.75 Å². The number of nitrogens with zero attached hydrogens (tertiary/aromatic N) is 2. The van der Waals surface area contributed by atoms with Crippen molar-refractivity contribution in [1.29, 1.82) is 0 Å². The Morgan fingerprint density at radius 2 is 1.91 bits per heavy atom. The minimum atomic E-state index is -1.45. The van der Waals surface area contributed by atoms with Crippen molar-refractivity contribution < 1.29 is 15.0 Å². The van der Waals surface area contributed by atoms with Gasteiger partial charge in [-0.15, -0.1) is 12.4 Å². The van der Waals surface area contributed by atoms with Crippen LogP contribution in [0.1, 0.15) is 47.1 Å². The number of carbonyl (C=O) groups is 1. The first-order chi connectivity index (χ1) is 15.8. The number of hydrogen-bond donors (Lipinski definition) is 4. The van der Waals surface area contributed by atoms with Crippen LogP contribution in [-0.4, -0.2) is 30.7 Å².